The molecule has 4 rings (SSSR count). The van der Waals surface area contributed by atoms with Crippen molar-refractivity contribution in [3.63, 3.8) is 0 Å². The van der Waals surface area contributed by atoms with Gasteiger partial charge in [0.25, 0.3) is 0 Å². The topological polar surface area (TPSA) is 55.3 Å². The molecule has 0 spiro atoms. The lowest BCUT2D eigenvalue weighted by atomic mass is 9.98. The Morgan fingerprint density at radius 2 is 2.25 bits per heavy atom. The van der Waals surface area contributed by atoms with Gasteiger partial charge in [-0.25, -0.2) is 4.98 Å². The summed E-state index contributed by atoms with van der Waals surface area (Å²) >= 11 is 7.92. The molecule has 1 atom stereocenters. The van der Waals surface area contributed by atoms with Crippen LogP contribution in [-0.2, 0) is 22.4 Å². The van der Waals surface area contributed by atoms with Crippen molar-refractivity contribution in [2.75, 3.05) is 24.6 Å². The van der Waals surface area contributed by atoms with Crippen LogP contribution in [-0.4, -0.2) is 35.6 Å². The van der Waals surface area contributed by atoms with Gasteiger partial charge in [0.2, 0.25) is 5.28 Å². The van der Waals surface area contributed by atoms with Gasteiger partial charge in [0.05, 0.1) is 17.9 Å². The van der Waals surface area contributed by atoms with Crippen molar-refractivity contribution in [3.8, 4) is 0 Å². The second-order valence-corrected chi connectivity index (χ2v) is 7.81. The number of esters is 1. The highest BCUT2D eigenvalue weighted by Gasteiger charge is 2.30. The summed E-state index contributed by atoms with van der Waals surface area (Å²) in [6.07, 6.45) is 5.24. The van der Waals surface area contributed by atoms with Gasteiger partial charge >= 0.3 is 5.97 Å². The number of carbonyl (C=O) groups excluding carboxylic acids is 1. The predicted molar refractivity (Wildman–Crippen MR) is 96.0 cm³/mol. The number of ether oxygens (including phenoxy) is 1. The highest BCUT2D eigenvalue weighted by molar-refractivity contribution is 7.19. The van der Waals surface area contributed by atoms with Crippen LogP contribution in [0.3, 0.4) is 0 Å². The number of rotatable bonds is 3. The Kier molecular flexibility index (Phi) is 4.35. The van der Waals surface area contributed by atoms with Crippen molar-refractivity contribution in [1.82, 2.24) is 9.97 Å². The molecule has 24 heavy (non-hydrogen) atoms. The number of hydrogen-bond donors (Lipinski definition) is 0. The van der Waals surface area contributed by atoms with E-state index in [0.717, 1.165) is 48.3 Å². The fraction of sp³-hybridized carbons (Fsp3) is 0.588. The number of aromatic nitrogens is 2. The summed E-state index contributed by atoms with van der Waals surface area (Å²) in [7, 11) is 0. The molecule has 7 heteroatoms. The number of halogens is 1. The van der Waals surface area contributed by atoms with E-state index in [1.807, 2.05) is 6.92 Å². The van der Waals surface area contributed by atoms with Crippen molar-refractivity contribution in [2.45, 2.75) is 39.0 Å². The van der Waals surface area contributed by atoms with Crippen LogP contribution in [0.15, 0.2) is 0 Å². The lowest BCUT2D eigenvalue weighted by Gasteiger charge is -2.32. The van der Waals surface area contributed by atoms with Crippen LogP contribution in [0.1, 0.15) is 36.6 Å². The molecule has 1 unspecified atom stereocenters. The minimum absolute atomic E-state index is 0.0887. The normalized spacial score (nSPS) is 20.4. The Bertz CT molecular complexity index is 792. The molecule has 1 aliphatic heterocycles. The van der Waals surface area contributed by atoms with Gasteiger partial charge in [-0.2, -0.15) is 4.98 Å². The van der Waals surface area contributed by atoms with Crippen LogP contribution < -0.4 is 4.90 Å². The fourth-order valence-corrected chi connectivity index (χ4v) is 5.27. The van der Waals surface area contributed by atoms with Gasteiger partial charge in [0, 0.05) is 18.0 Å². The van der Waals surface area contributed by atoms with Crippen LogP contribution in [0.25, 0.3) is 10.2 Å². The smallest absolute Gasteiger partial charge is 0.310 e. The summed E-state index contributed by atoms with van der Waals surface area (Å²) < 4.78 is 5.21. The summed E-state index contributed by atoms with van der Waals surface area (Å²) in [5, 5.41) is 1.44. The van der Waals surface area contributed by atoms with E-state index < -0.39 is 0 Å². The third kappa shape index (κ3) is 2.75. The molecule has 128 valence electrons. The largest absolute Gasteiger partial charge is 0.466 e. The maximum Gasteiger partial charge on any atom is 0.310 e. The SMILES string of the molecule is CCOC(=O)C1CCCN(c2nc(Cl)nc3sc4c(c23)CCC4)C1. The van der Waals surface area contributed by atoms with Gasteiger partial charge in [-0.1, -0.05) is 0 Å². The monoisotopic (exact) mass is 365 g/mol. The molecule has 2 aliphatic rings. The van der Waals surface area contributed by atoms with Crippen LogP contribution in [0.2, 0.25) is 5.28 Å². The minimum Gasteiger partial charge on any atom is -0.466 e. The first-order valence-electron chi connectivity index (χ1n) is 8.56. The Morgan fingerprint density at radius 3 is 3.08 bits per heavy atom. The molecule has 1 fully saturated rings. The van der Waals surface area contributed by atoms with E-state index in [-0.39, 0.29) is 17.2 Å². The number of thiophene rings is 1. The Balaban J connectivity index is 1.71. The first-order chi connectivity index (χ1) is 11.7. The maximum absolute atomic E-state index is 12.1. The number of anilines is 1. The highest BCUT2D eigenvalue weighted by atomic mass is 35.5. The summed E-state index contributed by atoms with van der Waals surface area (Å²) in [5.74, 6) is 0.710. The lowest BCUT2D eigenvalue weighted by molar-refractivity contribution is -0.148. The average Bonchev–Trinajstić information content (AvgIpc) is 3.15. The molecule has 2 aromatic rings. The first kappa shape index (κ1) is 16.1. The number of aryl methyl sites for hydroxylation is 2. The standard InChI is InChI=1S/C17H20ClN3O2S/c1-2-23-16(22)10-5-4-8-21(9-10)14-13-11-6-3-7-12(11)24-15(13)20-17(18)19-14/h10H,2-9H2,1H3. The van der Waals surface area contributed by atoms with Gasteiger partial charge in [-0.05, 0) is 56.2 Å². The zero-order chi connectivity index (χ0) is 16.7. The third-order valence-corrected chi connectivity index (χ3v) is 6.21. The Morgan fingerprint density at radius 1 is 1.38 bits per heavy atom. The Labute approximate surface area is 150 Å². The van der Waals surface area contributed by atoms with Gasteiger partial charge < -0.3 is 9.64 Å². The molecule has 0 amide bonds. The van der Waals surface area contributed by atoms with E-state index in [9.17, 15) is 4.79 Å². The number of piperidine rings is 1. The van der Waals surface area contributed by atoms with Gasteiger partial charge in [-0.15, -0.1) is 11.3 Å². The minimum atomic E-state index is -0.103. The van der Waals surface area contributed by atoms with Crippen LogP contribution in [0, 0.1) is 5.92 Å². The second-order valence-electron chi connectivity index (χ2n) is 6.39. The zero-order valence-corrected chi connectivity index (χ0v) is 15.3. The highest BCUT2D eigenvalue weighted by Crippen LogP contribution is 2.41. The molecule has 1 saturated heterocycles. The molecule has 0 saturated carbocycles. The molecule has 5 nitrogen and oxygen atoms in total. The molecule has 2 aromatic heterocycles. The second kappa shape index (κ2) is 6.48. The van der Waals surface area contributed by atoms with E-state index in [2.05, 4.69) is 14.9 Å². The Hall–Kier alpha value is -1.40. The van der Waals surface area contributed by atoms with Crippen molar-refractivity contribution < 1.29 is 9.53 Å². The lowest BCUT2D eigenvalue weighted by Crippen LogP contribution is -2.40. The van der Waals surface area contributed by atoms with Crippen LogP contribution in [0.4, 0.5) is 5.82 Å². The molecular formula is C17H20ClN3O2S. The average molecular weight is 366 g/mol. The number of hydrogen-bond acceptors (Lipinski definition) is 6. The van der Waals surface area contributed by atoms with E-state index in [1.54, 1.807) is 11.3 Å². The quantitative estimate of drug-likeness (QED) is 0.614. The first-order valence-corrected chi connectivity index (χ1v) is 9.76. The molecular weight excluding hydrogens is 346 g/mol. The van der Waals surface area contributed by atoms with Gasteiger partial charge in [-0.3, -0.25) is 4.79 Å². The molecule has 0 aromatic carbocycles. The van der Waals surface area contributed by atoms with E-state index >= 15 is 0 Å². The molecule has 1 aliphatic carbocycles. The van der Waals surface area contributed by atoms with E-state index in [4.69, 9.17) is 16.3 Å². The van der Waals surface area contributed by atoms with Crippen molar-refractivity contribution in [3.05, 3.63) is 15.7 Å². The van der Waals surface area contributed by atoms with Crippen molar-refractivity contribution >= 4 is 44.9 Å². The fourth-order valence-electron chi connectivity index (χ4n) is 3.80. The van der Waals surface area contributed by atoms with Crippen molar-refractivity contribution in [1.29, 1.82) is 0 Å². The van der Waals surface area contributed by atoms with Crippen molar-refractivity contribution in [2.24, 2.45) is 5.92 Å². The third-order valence-electron chi connectivity index (χ3n) is 4.86. The van der Waals surface area contributed by atoms with Gasteiger partial charge in [0.15, 0.2) is 0 Å². The summed E-state index contributed by atoms with van der Waals surface area (Å²) in [5.41, 5.74) is 1.39. The number of nitrogens with zero attached hydrogens (tertiary/aromatic N) is 3. The van der Waals surface area contributed by atoms with Gasteiger partial charge in [0.1, 0.15) is 10.6 Å². The zero-order valence-electron chi connectivity index (χ0n) is 13.7. The molecule has 0 radical (unpaired) electrons. The predicted octanol–water partition coefficient (Wildman–Crippen LogP) is 3.61. The summed E-state index contributed by atoms with van der Waals surface area (Å²) in [6, 6.07) is 0. The summed E-state index contributed by atoms with van der Waals surface area (Å²) in [4.78, 5) is 25.7. The van der Waals surface area contributed by atoms with E-state index in [0.29, 0.717) is 13.2 Å². The van der Waals surface area contributed by atoms with Crippen LogP contribution >= 0.6 is 22.9 Å². The molecule has 0 bridgehead atoms. The molecule has 3 heterocycles. The van der Waals surface area contributed by atoms with Crippen LogP contribution in [0.5, 0.6) is 0 Å². The maximum atomic E-state index is 12.1. The molecule has 0 N–H and O–H groups in total. The van der Waals surface area contributed by atoms with E-state index in [1.165, 1.54) is 16.9 Å². The summed E-state index contributed by atoms with van der Waals surface area (Å²) in [6.45, 7) is 3.81. The number of carbonyl (C=O) groups is 1. The number of fused-ring (bicyclic) bond motifs is 3.